The minimum atomic E-state index is -0.339. The zero-order valence-corrected chi connectivity index (χ0v) is 14.5. The Morgan fingerprint density at radius 2 is 1.84 bits per heavy atom. The normalized spacial score (nSPS) is 15.9. The third-order valence-electron chi connectivity index (χ3n) is 4.29. The molecule has 7 heteroatoms. The Morgan fingerprint density at radius 3 is 2.44 bits per heavy atom. The topological polar surface area (TPSA) is 78.7 Å². The summed E-state index contributed by atoms with van der Waals surface area (Å²) in [6.07, 6.45) is 0. The minimum Gasteiger partial charge on any atom is -0.361 e. The average Bonchev–Trinajstić information content (AvgIpc) is 3.04. The Labute approximate surface area is 146 Å². The van der Waals surface area contributed by atoms with Crippen LogP contribution in [-0.2, 0) is 0 Å². The van der Waals surface area contributed by atoms with Gasteiger partial charge in [0.05, 0.1) is 6.54 Å². The fraction of sp³-hybridized carbons (Fsp3) is 0.389. The van der Waals surface area contributed by atoms with Crippen molar-refractivity contribution in [3.63, 3.8) is 0 Å². The molecule has 1 N–H and O–H groups in total. The van der Waals surface area contributed by atoms with Crippen LogP contribution < -0.4 is 5.32 Å². The Hall–Kier alpha value is -2.51. The quantitative estimate of drug-likeness (QED) is 0.833. The summed E-state index contributed by atoms with van der Waals surface area (Å²) in [5.41, 5.74) is 1.49. The SMILES string of the molecule is Cc1cc(C(=O)Nc2ccc(C(=O)CN3CCN(C)CC3)cc2)no1. The highest BCUT2D eigenvalue weighted by Crippen LogP contribution is 2.13. The zero-order valence-electron chi connectivity index (χ0n) is 14.5. The van der Waals surface area contributed by atoms with E-state index in [1.165, 1.54) is 0 Å². The van der Waals surface area contributed by atoms with Crippen LogP contribution in [0.3, 0.4) is 0 Å². The molecular weight excluding hydrogens is 320 g/mol. The van der Waals surface area contributed by atoms with Crippen LogP contribution >= 0.6 is 0 Å². The molecule has 1 aliphatic heterocycles. The Morgan fingerprint density at radius 1 is 1.16 bits per heavy atom. The third-order valence-corrected chi connectivity index (χ3v) is 4.29. The maximum absolute atomic E-state index is 12.4. The number of hydrogen-bond acceptors (Lipinski definition) is 6. The first kappa shape index (κ1) is 17.3. The van der Waals surface area contributed by atoms with Crippen molar-refractivity contribution in [3.8, 4) is 0 Å². The monoisotopic (exact) mass is 342 g/mol. The summed E-state index contributed by atoms with van der Waals surface area (Å²) in [6.45, 7) is 5.95. The van der Waals surface area contributed by atoms with Gasteiger partial charge in [-0.15, -0.1) is 0 Å². The molecule has 2 aromatic rings. The fourth-order valence-electron chi connectivity index (χ4n) is 2.71. The van der Waals surface area contributed by atoms with Gasteiger partial charge in [-0.3, -0.25) is 14.5 Å². The molecule has 1 aliphatic rings. The van der Waals surface area contributed by atoms with Crippen molar-refractivity contribution in [1.82, 2.24) is 15.0 Å². The van der Waals surface area contributed by atoms with Crippen LogP contribution in [0.15, 0.2) is 34.9 Å². The number of carbonyl (C=O) groups excluding carboxylic acids is 2. The van der Waals surface area contributed by atoms with E-state index in [2.05, 4.69) is 27.3 Å². The largest absolute Gasteiger partial charge is 0.361 e. The second-order valence-electron chi connectivity index (χ2n) is 6.36. The van der Waals surface area contributed by atoms with E-state index in [-0.39, 0.29) is 17.4 Å². The lowest BCUT2D eigenvalue weighted by Gasteiger charge is -2.31. The molecule has 7 nitrogen and oxygen atoms in total. The second-order valence-corrected chi connectivity index (χ2v) is 6.36. The van der Waals surface area contributed by atoms with Crippen LogP contribution in [0.2, 0.25) is 0 Å². The molecule has 0 saturated carbocycles. The number of aromatic nitrogens is 1. The number of likely N-dealkylation sites (N-methyl/N-ethyl adjacent to an activating group) is 1. The Balaban J connectivity index is 1.56. The van der Waals surface area contributed by atoms with Crippen molar-refractivity contribution in [2.75, 3.05) is 45.1 Å². The predicted molar refractivity (Wildman–Crippen MR) is 93.9 cm³/mol. The second kappa shape index (κ2) is 7.58. The molecule has 0 bridgehead atoms. The standard InChI is InChI=1S/C18H22N4O3/c1-13-11-16(20-25-13)18(24)19-15-5-3-14(4-6-15)17(23)12-22-9-7-21(2)8-10-22/h3-6,11H,7-10,12H2,1-2H3,(H,19,24). The number of nitrogens with one attached hydrogen (secondary N) is 1. The third kappa shape index (κ3) is 4.52. The van der Waals surface area contributed by atoms with Gasteiger partial charge in [-0.25, -0.2) is 0 Å². The van der Waals surface area contributed by atoms with E-state index in [4.69, 9.17) is 4.52 Å². The number of aryl methyl sites for hydroxylation is 1. The van der Waals surface area contributed by atoms with Crippen molar-refractivity contribution in [2.24, 2.45) is 0 Å². The van der Waals surface area contributed by atoms with E-state index in [0.29, 0.717) is 23.6 Å². The van der Waals surface area contributed by atoms with Gasteiger partial charge in [0.1, 0.15) is 5.76 Å². The average molecular weight is 342 g/mol. The van der Waals surface area contributed by atoms with Crippen molar-refractivity contribution in [2.45, 2.75) is 6.92 Å². The van der Waals surface area contributed by atoms with Gasteiger partial charge in [0.25, 0.3) is 5.91 Å². The number of amides is 1. The summed E-state index contributed by atoms with van der Waals surface area (Å²) in [5, 5.41) is 6.41. The Bertz CT molecular complexity index is 746. The molecule has 3 rings (SSSR count). The van der Waals surface area contributed by atoms with Gasteiger partial charge in [0.2, 0.25) is 0 Å². The number of nitrogens with zero attached hydrogens (tertiary/aromatic N) is 3. The first-order valence-corrected chi connectivity index (χ1v) is 8.30. The van der Waals surface area contributed by atoms with Crippen LogP contribution in [0.25, 0.3) is 0 Å². The van der Waals surface area contributed by atoms with Crippen molar-refractivity contribution in [3.05, 3.63) is 47.3 Å². The van der Waals surface area contributed by atoms with Crippen molar-refractivity contribution < 1.29 is 14.1 Å². The van der Waals surface area contributed by atoms with Gasteiger partial charge >= 0.3 is 0 Å². The first-order chi connectivity index (χ1) is 12.0. The zero-order chi connectivity index (χ0) is 17.8. The van der Waals surface area contributed by atoms with Crippen molar-refractivity contribution >= 4 is 17.4 Å². The van der Waals surface area contributed by atoms with Gasteiger partial charge in [-0.2, -0.15) is 0 Å². The lowest BCUT2D eigenvalue weighted by molar-refractivity contribution is 0.0876. The van der Waals surface area contributed by atoms with Gasteiger partial charge in [0, 0.05) is 43.5 Å². The van der Waals surface area contributed by atoms with Crippen molar-refractivity contribution in [1.29, 1.82) is 0 Å². The van der Waals surface area contributed by atoms with Gasteiger partial charge < -0.3 is 14.7 Å². The summed E-state index contributed by atoms with van der Waals surface area (Å²) in [5.74, 6) is 0.331. The number of rotatable bonds is 5. The highest BCUT2D eigenvalue weighted by molar-refractivity contribution is 6.03. The summed E-state index contributed by atoms with van der Waals surface area (Å²) in [6, 6.07) is 8.50. The number of ketones is 1. The number of piperazine rings is 1. The minimum absolute atomic E-state index is 0.0922. The maximum atomic E-state index is 12.4. The molecule has 2 heterocycles. The molecule has 0 spiro atoms. The maximum Gasteiger partial charge on any atom is 0.277 e. The van der Waals surface area contributed by atoms with E-state index in [1.54, 1.807) is 37.3 Å². The highest BCUT2D eigenvalue weighted by Gasteiger charge is 2.17. The molecule has 1 amide bonds. The molecule has 1 aromatic carbocycles. The number of hydrogen-bond donors (Lipinski definition) is 1. The molecular formula is C18H22N4O3. The molecule has 0 unspecified atom stereocenters. The summed E-state index contributed by atoms with van der Waals surface area (Å²) < 4.78 is 4.89. The molecule has 0 atom stereocenters. The van der Waals surface area contributed by atoms with Crippen LogP contribution in [-0.4, -0.2) is 66.4 Å². The van der Waals surface area contributed by atoms with Gasteiger partial charge in [-0.05, 0) is 38.2 Å². The fourth-order valence-corrected chi connectivity index (χ4v) is 2.71. The van der Waals surface area contributed by atoms with Crippen LogP contribution in [0.5, 0.6) is 0 Å². The molecule has 0 radical (unpaired) electrons. The van der Waals surface area contributed by atoms with E-state index >= 15 is 0 Å². The molecule has 1 aromatic heterocycles. The number of Topliss-reactive ketones (excluding diaryl/α,β-unsaturated/α-hetero) is 1. The Kier molecular flexibility index (Phi) is 5.25. The molecule has 1 fully saturated rings. The van der Waals surface area contributed by atoms with E-state index in [9.17, 15) is 9.59 Å². The summed E-state index contributed by atoms with van der Waals surface area (Å²) in [7, 11) is 2.09. The molecule has 1 saturated heterocycles. The number of anilines is 1. The highest BCUT2D eigenvalue weighted by atomic mass is 16.5. The first-order valence-electron chi connectivity index (χ1n) is 8.30. The van der Waals surface area contributed by atoms with E-state index < -0.39 is 0 Å². The van der Waals surface area contributed by atoms with Gasteiger partial charge in [-0.1, -0.05) is 5.16 Å². The summed E-state index contributed by atoms with van der Waals surface area (Å²) in [4.78, 5) is 28.8. The van der Waals surface area contributed by atoms with E-state index in [0.717, 1.165) is 26.2 Å². The molecule has 25 heavy (non-hydrogen) atoms. The van der Waals surface area contributed by atoms with E-state index in [1.807, 2.05) is 0 Å². The predicted octanol–water partition coefficient (Wildman–Crippen LogP) is 1.67. The smallest absolute Gasteiger partial charge is 0.277 e. The number of carbonyl (C=O) groups is 2. The van der Waals surface area contributed by atoms with Crippen LogP contribution in [0.4, 0.5) is 5.69 Å². The lowest BCUT2D eigenvalue weighted by atomic mass is 10.1. The van der Waals surface area contributed by atoms with Crippen LogP contribution in [0.1, 0.15) is 26.6 Å². The molecule has 0 aliphatic carbocycles. The lowest BCUT2D eigenvalue weighted by Crippen LogP contribution is -2.46. The number of benzene rings is 1. The summed E-state index contributed by atoms with van der Waals surface area (Å²) >= 11 is 0. The van der Waals surface area contributed by atoms with Crippen LogP contribution in [0, 0.1) is 6.92 Å². The molecule has 132 valence electrons. The van der Waals surface area contributed by atoms with Gasteiger partial charge in [0.15, 0.2) is 11.5 Å².